The van der Waals surface area contributed by atoms with Crippen molar-refractivity contribution in [3.8, 4) is 0 Å². The number of nitrogen functional groups attached to an aromatic ring is 1. The summed E-state index contributed by atoms with van der Waals surface area (Å²) in [5.74, 6) is -1.37. The van der Waals surface area contributed by atoms with E-state index in [1.165, 1.54) is 0 Å². The summed E-state index contributed by atoms with van der Waals surface area (Å²) in [7, 11) is -4.19. The van der Waals surface area contributed by atoms with Crippen molar-refractivity contribution in [1.82, 2.24) is 4.72 Å². The monoisotopic (exact) mass is 308 g/mol. The summed E-state index contributed by atoms with van der Waals surface area (Å²) in [6.45, 7) is 0.177. The van der Waals surface area contributed by atoms with E-state index in [1.54, 1.807) is 11.8 Å². The van der Waals surface area contributed by atoms with Crippen molar-refractivity contribution in [2.75, 3.05) is 18.0 Å². The molecule has 0 aromatic heterocycles. The zero-order valence-electron chi connectivity index (χ0n) is 10.0. The maximum atomic E-state index is 13.6. The van der Waals surface area contributed by atoms with Crippen LogP contribution in [0.2, 0.25) is 0 Å². The Morgan fingerprint density at radius 3 is 2.53 bits per heavy atom. The Balaban J connectivity index is 2.19. The maximum absolute atomic E-state index is 13.6. The second-order valence-corrected chi connectivity index (χ2v) is 7.41. The van der Waals surface area contributed by atoms with Crippen molar-refractivity contribution < 1.29 is 17.2 Å². The van der Waals surface area contributed by atoms with E-state index in [-0.39, 0.29) is 17.5 Å². The normalized spacial score (nSPS) is 19.8. The Bertz CT molecular complexity index is 549. The molecule has 1 aliphatic rings. The average molecular weight is 308 g/mol. The lowest BCUT2D eigenvalue weighted by Crippen LogP contribution is -2.31. The third-order valence-electron chi connectivity index (χ3n) is 2.81. The fourth-order valence-electron chi connectivity index (χ4n) is 1.92. The number of nitrogens with two attached hydrogens (primary N) is 1. The Morgan fingerprint density at radius 2 is 2.00 bits per heavy atom. The minimum atomic E-state index is -4.19. The van der Waals surface area contributed by atoms with Gasteiger partial charge in [-0.2, -0.15) is 11.8 Å². The molecule has 1 heterocycles. The van der Waals surface area contributed by atoms with Crippen LogP contribution in [0.15, 0.2) is 17.0 Å². The number of anilines is 1. The largest absolute Gasteiger partial charge is 0.399 e. The lowest BCUT2D eigenvalue weighted by atomic mass is 10.2. The van der Waals surface area contributed by atoms with Crippen molar-refractivity contribution in [3.05, 3.63) is 23.8 Å². The minimum Gasteiger partial charge on any atom is -0.399 e. The van der Waals surface area contributed by atoms with Gasteiger partial charge >= 0.3 is 0 Å². The van der Waals surface area contributed by atoms with Crippen LogP contribution < -0.4 is 10.5 Å². The smallest absolute Gasteiger partial charge is 0.246 e. The molecule has 8 heteroatoms. The van der Waals surface area contributed by atoms with Gasteiger partial charge in [-0.15, -0.1) is 0 Å². The molecule has 1 aromatic carbocycles. The summed E-state index contributed by atoms with van der Waals surface area (Å²) in [5, 5.41) is 0.162. The first-order chi connectivity index (χ1) is 8.90. The molecule has 19 heavy (non-hydrogen) atoms. The second kappa shape index (κ2) is 5.64. The van der Waals surface area contributed by atoms with Crippen LogP contribution in [0.4, 0.5) is 14.5 Å². The van der Waals surface area contributed by atoms with Gasteiger partial charge in [0.1, 0.15) is 11.6 Å². The van der Waals surface area contributed by atoms with E-state index in [9.17, 15) is 17.2 Å². The first-order valence-corrected chi connectivity index (χ1v) is 8.29. The van der Waals surface area contributed by atoms with E-state index >= 15 is 0 Å². The molecule has 1 aliphatic heterocycles. The fourth-order valence-corrected chi connectivity index (χ4v) is 4.42. The molecule has 0 radical (unpaired) electrons. The molecule has 1 saturated heterocycles. The van der Waals surface area contributed by atoms with Gasteiger partial charge in [0.05, 0.1) is 0 Å². The van der Waals surface area contributed by atoms with Gasteiger partial charge in [0.15, 0.2) is 4.90 Å². The van der Waals surface area contributed by atoms with Crippen LogP contribution in [0.25, 0.3) is 0 Å². The highest BCUT2D eigenvalue weighted by Crippen LogP contribution is 2.26. The Morgan fingerprint density at radius 1 is 1.37 bits per heavy atom. The standard InChI is InChI=1S/C11H14F2N2O2S2/c12-9-4-7(14)5-10(13)11(9)19(16,17)15-6-8-2-1-3-18-8/h4-5,8,15H,1-3,6,14H2. The molecule has 0 spiro atoms. The Hall–Kier alpha value is -0.860. The van der Waals surface area contributed by atoms with Gasteiger partial charge in [0.2, 0.25) is 10.0 Å². The maximum Gasteiger partial charge on any atom is 0.246 e. The van der Waals surface area contributed by atoms with E-state index in [0.29, 0.717) is 0 Å². The number of rotatable bonds is 4. The lowest BCUT2D eigenvalue weighted by molar-refractivity contribution is 0.514. The highest BCUT2D eigenvalue weighted by atomic mass is 32.2. The highest BCUT2D eigenvalue weighted by molar-refractivity contribution is 8.00. The van der Waals surface area contributed by atoms with E-state index in [4.69, 9.17) is 5.73 Å². The summed E-state index contributed by atoms with van der Waals surface area (Å²) in [6.07, 6.45) is 1.93. The van der Waals surface area contributed by atoms with Crippen molar-refractivity contribution in [1.29, 1.82) is 0 Å². The molecular weight excluding hydrogens is 294 g/mol. The number of benzene rings is 1. The molecule has 2 rings (SSSR count). The fraction of sp³-hybridized carbons (Fsp3) is 0.455. The van der Waals surface area contributed by atoms with Gasteiger partial charge in [-0.05, 0) is 30.7 Å². The van der Waals surface area contributed by atoms with Crippen molar-refractivity contribution >= 4 is 27.5 Å². The van der Waals surface area contributed by atoms with Gasteiger partial charge in [-0.1, -0.05) is 0 Å². The first-order valence-electron chi connectivity index (χ1n) is 5.76. The van der Waals surface area contributed by atoms with E-state index in [1.807, 2.05) is 0 Å². The molecule has 1 atom stereocenters. The molecular formula is C11H14F2N2O2S2. The third kappa shape index (κ3) is 3.37. The van der Waals surface area contributed by atoms with Crippen LogP contribution >= 0.6 is 11.8 Å². The number of nitrogens with one attached hydrogen (secondary N) is 1. The van der Waals surface area contributed by atoms with E-state index in [2.05, 4.69) is 4.72 Å². The predicted molar refractivity (Wildman–Crippen MR) is 71.4 cm³/mol. The topological polar surface area (TPSA) is 72.2 Å². The Kier molecular flexibility index (Phi) is 4.32. The summed E-state index contributed by atoms with van der Waals surface area (Å²) < 4.78 is 53.2. The number of hydrogen-bond acceptors (Lipinski definition) is 4. The molecule has 0 aliphatic carbocycles. The second-order valence-electron chi connectivity index (χ2n) is 4.30. The average Bonchev–Trinajstić information content (AvgIpc) is 2.77. The highest BCUT2D eigenvalue weighted by Gasteiger charge is 2.26. The minimum absolute atomic E-state index is 0.153. The molecule has 0 amide bonds. The molecule has 0 bridgehead atoms. The van der Waals surface area contributed by atoms with Crippen LogP contribution in [0.5, 0.6) is 0 Å². The van der Waals surface area contributed by atoms with Crippen LogP contribution in [-0.2, 0) is 10.0 Å². The van der Waals surface area contributed by atoms with Crippen LogP contribution in [0, 0.1) is 11.6 Å². The first kappa shape index (κ1) is 14.5. The molecule has 4 nitrogen and oxygen atoms in total. The van der Waals surface area contributed by atoms with Crippen molar-refractivity contribution in [3.63, 3.8) is 0 Å². The van der Waals surface area contributed by atoms with E-state index in [0.717, 1.165) is 30.7 Å². The van der Waals surface area contributed by atoms with Crippen LogP contribution in [0.3, 0.4) is 0 Å². The molecule has 3 N–H and O–H groups in total. The molecule has 1 fully saturated rings. The zero-order valence-corrected chi connectivity index (χ0v) is 11.7. The van der Waals surface area contributed by atoms with Gasteiger partial charge in [0.25, 0.3) is 0 Å². The predicted octanol–water partition coefficient (Wildman–Crippen LogP) is 1.72. The number of halogens is 2. The molecule has 0 saturated carbocycles. The number of sulfonamides is 1. The number of hydrogen-bond donors (Lipinski definition) is 2. The third-order valence-corrected chi connectivity index (χ3v) is 5.69. The van der Waals surface area contributed by atoms with Crippen molar-refractivity contribution in [2.45, 2.75) is 23.0 Å². The Labute approximate surface area is 114 Å². The number of thioether (sulfide) groups is 1. The quantitative estimate of drug-likeness (QED) is 0.831. The van der Waals surface area contributed by atoms with Gasteiger partial charge in [-0.25, -0.2) is 21.9 Å². The van der Waals surface area contributed by atoms with Gasteiger partial charge in [-0.3, -0.25) is 0 Å². The molecule has 1 unspecified atom stereocenters. The van der Waals surface area contributed by atoms with E-state index < -0.39 is 26.6 Å². The molecule has 106 valence electrons. The summed E-state index contributed by atoms with van der Waals surface area (Å²) in [4.78, 5) is -0.968. The van der Waals surface area contributed by atoms with Crippen LogP contribution in [0.1, 0.15) is 12.8 Å². The van der Waals surface area contributed by atoms with Crippen LogP contribution in [-0.4, -0.2) is 26.0 Å². The lowest BCUT2D eigenvalue weighted by Gasteiger charge is -2.12. The SMILES string of the molecule is Nc1cc(F)c(S(=O)(=O)NCC2CCCS2)c(F)c1. The summed E-state index contributed by atoms with van der Waals surface area (Å²) in [6, 6.07) is 1.59. The van der Waals surface area contributed by atoms with Gasteiger partial charge in [0, 0.05) is 17.5 Å². The van der Waals surface area contributed by atoms with Crippen molar-refractivity contribution in [2.24, 2.45) is 0 Å². The molecule has 1 aromatic rings. The summed E-state index contributed by atoms with van der Waals surface area (Å²) >= 11 is 1.65. The summed E-state index contributed by atoms with van der Waals surface area (Å²) in [5.41, 5.74) is 5.09. The zero-order chi connectivity index (χ0) is 14.0. The van der Waals surface area contributed by atoms with Gasteiger partial charge < -0.3 is 5.73 Å².